The van der Waals surface area contributed by atoms with Crippen molar-refractivity contribution in [1.82, 2.24) is 9.88 Å². The van der Waals surface area contributed by atoms with Gasteiger partial charge in [0, 0.05) is 32.1 Å². The van der Waals surface area contributed by atoms with E-state index in [1.807, 2.05) is 22.4 Å². The second kappa shape index (κ2) is 11.2. The van der Waals surface area contributed by atoms with Gasteiger partial charge in [-0.15, -0.1) is 11.3 Å². The van der Waals surface area contributed by atoms with E-state index in [2.05, 4.69) is 38.7 Å². The van der Waals surface area contributed by atoms with Gasteiger partial charge in [-0.25, -0.2) is 4.98 Å². The number of carbonyl (C=O) groups is 1. The number of rotatable bonds is 11. The van der Waals surface area contributed by atoms with E-state index < -0.39 is 0 Å². The summed E-state index contributed by atoms with van der Waals surface area (Å²) < 4.78 is 11.0. The highest BCUT2D eigenvalue weighted by Crippen LogP contribution is 2.20. The van der Waals surface area contributed by atoms with Crippen LogP contribution in [0.4, 0.5) is 0 Å². The number of aromatic nitrogens is 1. The molecule has 0 saturated carbocycles. The number of nitrogens with zero attached hydrogens (tertiary/aromatic N) is 2. The minimum atomic E-state index is 0.173. The van der Waals surface area contributed by atoms with Crippen LogP contribution in [0.5, 0.6) is 5.75 Å². The Morgan fingerprint density at radius 1 is 1.21 bits per heavy atom. The van der Waals surface area contributed by atoms with Crippen molar-refractivity contribution in [2.24, 2.45) is 5.92 Å². The molecule has 28 heavy (non-hydrogen) atoms. The second-order valence-corrected chi connectivity index (χ2v) is 8.55. The van der Waals surface area contributed by atoms with Crippen LogP contribution in [-0.2, 0) is 22.7 Å². The maximum absolute atomic E-state index is 12.6. The van der Waals surface area contributed by atoms with E-state index in [4.69, 9.17) is 9.47 Å². The molecule has 0 saturated heterocycles. The van der Waals surface area contributed by atoms with Gasteiger partial charge in [0.15, 0.2) is 0 Å². The molecule has 5 nitrogen and oxygen atoms in total. The Bertz CT molecular complexity index is 738. The van der Waals surface area contributed by atoms with E-state index in [1.165, 1.54) is 11.1 Å². The summed E-state index contributed by atoms with van der Waals surface area (Å²) in [6.45, 7) is 10.6. The SMILES string of the molecule is COCCCN(Cc1csc(COc2cc(C)cc(C)c2)n1)C(=O)CC(C)C. The number of benzene rings is 1. The third-order valence-corrected chi connectivity index (χ3v) is 5.09. The Morgan fingerprint density at radius 3 is 2.57 bits per heavy atom. The van der Waals surface area contributed by atoms with E-state index in [0.29, 0.717) is 38.6 Å². The van der Waals surface area contributed by atoms with Gasteiger partial charge in [0.05, 0.1) is 12.2 Å². The van der Waals surface area contributed by atoms with Crippen LogP contribution in [0.2, 0.25) is 0 Å². The van der Waals surface area contributed by atoms with Crippen molar-refractivity contribution >= 4 is 17.2 Å². The summed E-state index contributed by atoms with van der Waals surface area (Å²) in [4.78, 5) is 19.1. The highest BCUT2D eigenvalue weighted by atomic mass is 32.1. The quantitative estimate of drug-likeness (QED) is 0.507. The molecule has 0 unspecified atom stereocenters. The molecule has 1 heterocycles. The maximum Gasteiger partial charge on any atom is 0.223 e. The predicted molar refractivity (Wildman–Crippen MR) is 114 cm³/mol. The van der Waals surface area contributed by atoms with Gasteiger partial charge in [-0.05, 0) is 49.4 Å². The van der Waals surface area contributed by atoms with Crippen molar-refractivity contribution < 1.29 is 14.3 Å². The number of thiazole rings is 1. The molecule has 0 atom stereocenters. The lowest BCUT2D eigenvalue weighted by molar-refractivity contribution is -0.132. The van der Waals surface area contributed by atoms with Gasteiger partial charge in [-0.2, -0.15) is 0 Å². The van der Waals surface area contributed by atoms with Gasteiger partial charge >= 0.3 is 0 Å². The zero-order valence-corrected chi connectivity index (χ0v) is 18.5. The fourth-order valence-electron chi connectivity index (χ4n) is 3.01. The monoisotopic (exact) mass is 404 g/mol. The molecule has 0 N–H and O–H groups in total. The molecule has 0 spiro atoms. The third kappa shape index (κ3) is 7.60. The second-order valence-electron chi connectivity index (χ2n) is 7.60. The van der Waals surface area contributed by atoms with Crippen LogP contribution in [-0.4, -0.2) is 36.1 Å². The van der Waals surface area contributed by atoms with Crippen molar-refractivity contribution in [3.8, 4) is 5.75 Å². The molecule has 0 aliphatic heterocycles. The van der Waals surface area contributed by atoms with Gasteiger partial charge in [0.1, 0.15) is 17.4 Å². The summed E-state index contributed by atoms with van der Waals surface area (Å²) >= 11 is 1.57. The summed E-state index contributed by atoms with van der Waals surface area (Å²) in [6.07, 6.45) is 1.38. The van der Waals surface area contributed by atoms with Crippen LogP contribution < -0.4 is 4.74 Å². The largest absolute Gasteiger partial charge is 0.486 e. The molecule has 154 valence electrons. The maximum atomic E-state index is 12.6. The average molecular weight is 405 g/mol. The minimum absolute atomic E-state index is 0.173. The Balaban J connectivity index is 1.96. The van der Waals surface area contributed by atoms with Crippen molar-refractivity contribution in [2.45, 2.75) is 53.7 Å². The van der Waals surface area contributed by atoms with Crippen LogP contribution in [0.1, 0.15) is 48.5 Å². The Morgan fingerprint density at radius 2 is 1.93 bits per heavy atom. The van der Waals surface area contributed by atoms with Crippen molar-refractivity contribution in [3.05, 3.63) is 45.4 Å². The van der Waals surface area contributed by atoms with Crippen molar-refractivity contribution in [2.75, 3.05) is 20.3 Å². The first-order chi connectivity index (χ1) is 13.4. The topological polar surface area (TPSA) is 51.7 Å². The highest BCUT2D eigenvalue weighted by molar-refractivity contribution is 7.09. The fraction of sp³-hybridized carbons (Fsp3) is 0.545. The number of amides is 1. The molecule has 2 aromatic rings. The number of methoxy groups -OCH3 is 1. The normalized spacial score (nSPS) is 11.1. The molecule has 1 amide bonds. The number of aryl methyl sites for hydroxylation is 2. The van der Waals surface area contributed by atoms with Crippen molar-refractivity contribution in [1.29, 1.82) is 0 Å². The molecule has 1 aromatic carbocycles. The summed E-state index contributed by atoms with van der Waals surface area (Å²) in [5.41, 5.74) is 3.29. The first kappa shape index (κ1) is 22.4. The average Bonchev–Trinajstić information content (AvgIpc) is 3.05. The Hall–Kier alpha value is -1.92. The van der Waals surface area contributed by atoms with Gasteiger partial charge in [-0.3, -0.25) is 4.79 Å². The van der Waals surface area contributed by atoms with E-state index in [9.17, 15) is 4.79 Å². The van der Waals surface area contributed by atoms with Gasteiger partial charge < -0.3 is 14.4 Å². The summed E-state index contributed by atoms with van der Waals surface area (Å²) in [7, 11) is 1.68. The first-order valence-electron chi connectivity index (χ1n) is 9.78. The summed E-state index contributed by atoms with van der Waals surface area (Å²) in [5.74, 6) is 1.38. The highest BCUT2D eigenvalue weighted by Gasteiger charge is 2.17. The summed E-state index contributed by atoms with van der Waals surface area (Å²) in [5, 5.41) is 2.94. The molecule has 0 aliphatic carbocycles. The van der Waals surface area contributed by atoms with Crippen LogP contribution in [0.15, 0.2) is 23.6 Å². The van der Waals surface area contributed by atoms with Crippen molar-refractivity contribution in [3.63, 3.8) is 0 Å². The zero-order valence-electron chi connectivity index (χ0n) is 17.7. The lowest BCUT2D eigenvalue weighted by Crippen LogP contribution is -2.33. The lowest BCUT2D eigenvalue weighted by atomic mass is 10.1. The van der Waals surface area contributed by atoms with Gasteiger partial charge in [0.25, 0.3) is 0 Å². The molecular weight excluding hydrogens is 372 g/mol. The smallest absolute Gasteiger partial charge is 0.223 e. The fourth-order valence-corrected chi connectivity index (χ4v) is 3.71. The van der Waals surface area contributed by atoms with E-state index >= 15 is 0 Å². The molecule has 1 aromatic heterocycles. The van der Waals surface area contributed by atoms with Gasteiger partial charge in [-0.1, -0.05) is 19.9 Å². The number of ether oxygens (including phenoxy) is 2. The molecular formula is C22H32N2O3S. The molecule has 2 rings (SSSR count). The third-order valence-electron chi connectivity index (χ3n) is 4.22. The standard InChI is InChI=1S/C22H32N2O3S/c1-16(2)9-22(25)24(7-6-8-26-5)13-19-15-28-21(23-19)14-27-20-11-17(3)10-18(4)12-20/h10-12,15-16H,6-9,13-14H2,1-5H3. The molecule has 0 bridgehead atoms. The molecule has 0 fully saturated rings. The molecule has 6 heteroatoms. The molecule has 0 aliphatic rings. The Kier molecular flexibility index (Phi) is 8.93. The minimum Gasteiger partial charge on any atom is -0.486 e. The van der Waals surface area contributed by atoms with Crippen LogP contribution >= 0.6 is 11.3 Å². The number of carbonyl (C=O) groups excluding carboxylic acids is 1. The number of hydrogen-bond donors (Lipinski definition) is 0. The number of hydrogen-bond acceptors (Lipinski definition) is 5. The van der Waals surface area contributed by atoms with Crippen LogP contribution in [0, 0.1) is 19.8 Å². The van der Waals surface area contributed by atoms with Gasteiger partial charge in [0.2, 0.25) is 5.91 Å². The predicted octanol–water partition coefficient (Wildman–Crippen LogP) is 4.75. The summed E-state index contributed by atoms with van der Waals surface area (Å²) in [6, 6.07) is 6.19. The van der Waals surface area contributed by atoms with E-state index in [0.717, 1.165) is 22.9 Å². The molecule has 0 radical (unpaired) electrons. The zero-order chi connectivity index (χ0) is 20.5. The first-order valence-corrected chi connectivity index (χ1v) is 10.7. The lowest BCUT2D eigenvalue weighted by Gasteiger charge is -2.22. The Labute approximate surface area is 172 Å². The van der Waals surface area contributed by atoms with Crippen LogP contribution in [0.3, 0.4) is 0 Å². The van der Waals surface area contributed by atoms with Crippen LogP contribution in [0.25, 0.3) is 0 Å². The van der Waals surface area contributed by atoms with E-state index in [-0.39, 0.29) is 5.91 Å². The van der Waals surface area contributed by atoms with E-state index in [1.54, 1.807) is 18.4 Å².